The highest BCUT2D eigenvalue weighted by Gasteiger charge is 2.13. The van der Waals surface area contributed by atoms with E-state index in [1.807, 2.05) is 36.4 Å². The molecule has 0 radical (unpaired) electrons. The molecule has 180 valence electrons. The van der Waals surface area contributed by atoms with E-state index in [2.05, 4.69) is 39.3 Å². The zero-order valence-corrected chi connectivity index (χ0v) is 20.0. The number of aromatic nitrogens is 2. The van der Waals surface area contributed by atoms with E-state index in [0.717, 1.165) is 57.1 Å². The van der Waals surface area contributed by atoms with Gasteiger partial charge in [-0.15, -0.1) is 0 Å². The first-order valence-corrected chi connectivity index (χ1v) is 12.1. The molecule has 7 nitrogen and oxygen atoms in total. The van der Waals surface area contributed by atoms with Crippen LogP contribution < -0.4 is 10.1 Å². The third-order valence-corrected chi connectivity index (χ3v) is 6.26. The molecule has 1 saturated heterocycles. The van der Waals surface area contributed by atoms with Crippen LogP contribution in [-0.4, -0.2) is 53.5 Å². The summed E-state index contributed by atoms with van der Waals surface area (Å²) in [5.41, 5.74) is 5.31. The third kappa shape index (κ3) is 6.12. The molecule has 1 aliphatic heterocycles. The lowest BCUT2D eigenvalue weighted by atomic mass is 10.1. The van der Waals surface area contributed by atoms with Gasteiger partial charge >= 0.3 is 0 Å². The lowest BCUT2D eigenvalue weighted by Gasteiger charge is -2.26. The summed E-state index contributed by atoms with van der Waals surface area (Å²) in [6.07, 6.45) is 6.20. The Bertz CT molecular complexity index is 1230. The average molecular weight is 471 g/mol. The fourth-order valence-electron chi connectivity index (χ4n) is 4.46. The molecule has 2 aliphatic rings. The minimum absolute atomic E-state index is 0.140. The lowest BCUT2D eigenvalue weighted by molar-refractivity contribution is 0.0371. The van der Waals surface area contributed by atoms with Crippen LogP contribution in [0.2, 0.25) is 0 Å². The van der Waals surface area contributed by atoms with Crippen LogP contribution >= 0.6 is 0 Å². The zero-order valence-electron chi connectivity index (χ0n) is 20.0. The third-order valence-electron chi connectivity index (χ3n) is 6.26. The number of rotatable bonds is 9. The number of hydrogen-bond acceptors (Lipinski definition) is 7. The number of carbonyl (C=O) groups is 1. The number of morpholine rings is 1. The van der Waals surface area contributed by atoms with Gasteiger partial charge in [0.1, 0.15) is 5.75 Å². The van der Waals surface area contributed by atoms with Gasteiger partial charge in [0.15, 0.2) is 5.78 Å². The van der Waals surface area contributed by atoms with Gasteiger partial charge in [0.25, 0.3) is 0 Å². The fraction of sp³-hybridized carbons (Fsp3) is 0.321. The Morgan fingerprint density at radius 2 is 2.03 bits per heavy atom. The number of allylic oxidation sites excluding steroid dienone is 1. The number of nitrogens with one attached hydrogen (secondary N) is 1. The molecule has 7 heteroatoms. The summed E-state index contributed by atoms with van der Waals surface area (Å²) in [6, 6.07) is 15.3. The molecule has 0 saturated carbocycles. The van der Waals surface area contributed by atoms with Crippen LogP contribution in [0.4, 0.5) is 11.6 Å². The second-order valence-corrected chi connectivity index (χ2v) is 9.04. The van der Waals surface area contributed by atoms with E-state index in [1.165, 1.54) is 16.7 Å². The van der Waals surface area contributed by atoms with Crippen molar-refractivity contribution in [2.75, 3.05) is 38.2 Å². The van der Waals surface area contributed by atoms with E-state index >= 15 is 0 Å². The Morgan fingerprint density at radius 3 is 2.91 bits per heavy atom. The monoisotopic (exact) mass is 470 g/mol. The predicted octanol–water partition coefficient (Wildman–Crippen LogP) is 5.27. The van der Waals surface area contributed by atoms with Gasteiger partial charge in [-0.3, -0.25) is 9.69 Å². The molecule has 35 heavy (non-hydrogen) atoms. The Labute approximate surface area is 205 Å². The molecule has 1 aromatic heterocycles. The molecule has 0 unspecified atom stereocenters. The number of ketones is 1. The molecule has 5 rings (SSSR count). The Balaban J connectivity index is 1.19. The van der Waals surface area contributed by atoms with Crippen LogP contribution in [-0.2, 0) is 11.2 Å². The summed E-state index contributed by atoms with van der Waals surface area (Å²) in [5.74, 6) is 1.75. The lowest BCUT2D eigenvalue weighted by Crippen LogP contribution is -2.36. The molecular formula is C28H30N4O3. The van der Waals surface area contributed by atoms with E-state index in [4.69, 9.17) is 9.47 Å². The van der Waals surface area contributed by atoms with Crippen LogP contribution in [0.5, 0.6) is 11.6 Å². The number of hydrogen-bond donors (Lipinski definition) is 1. The smallest absolute Gasteiger partial charge is 0.230 e. The number of ether oxygens (including phenoxy) is 2. The van der Waals surface area contributed by atoms with Crippen molar-refractivity contribution in [2.45, 2.75) is 26.2 Å². The summed E-state index contributed by atoms with van der Waals surface area (Å²) in [4.78, 5) is 23.9. The first kappa shape index (κ1) is 23.2. The van der Waals surface area contributed by atoms with Gasteiger partial charge in [0, 0.05) is 43.0 Å². The van der Waals surface area contributed by atoms with E-state index in [0.29, 0.717) is 23.8 Å². The molecule has 1 N–H and O–H groups in total. The molecule has 0 atom stereocenters. The molecule has 3 aromatic rings. The minimum Gasteiger partial charge on any atom is -0.439 e. The predicted molar refractivity (Wildman–Crippen MR) is 136 cm³/mol. The number of carbonyl (C=O) groups excluding carboxylic acids is 1. The van der Waals surface area contributed by atoms with E-state index in [1.54, 1.807) is 12.3 Å². The summed E-state index contributed by atoms with van der Waals surface area (Å²) >= 11 is 0. The maximum Gasteiger partial charge on any atom is 0.230 e. The van der Waals surface area contributed by atoms with E-state index in [-0.39, 0.29) is 5.78 Å². The minimum atomic E-state index is 0.140. The van der Waals surface area contributed by atoms with Crippen LogP contribution in [0.1, 0.15) is 41.3 Å². The van der Waals surface area contributed by atoms with Crippen molar-refractivity contribution in [3.63, 3.8) is 0 Å². The molecule has 1 aliphatic carbocycles. The fourth-order valence-corrected chi connectivity index (χ4v) is 4.46. The van der Waals surface area contributed by atoms with Gasteiger partial charge in [-0.05, 0) is 61.7 Å². The second kappa shape index (κ2) is 10.8. The Hall–Kier alpha value is -3.55. The Morgan fingerprint density at radius 1 is 1.14 bits per heavy atom. The number of nitrogens with zero attached hydrogens (tertiary/aromatic N) is 3. The number of fused-ring (bicyclic) bond motifs is 1. The van der Waals surface area contributed by atoms with Gasteiger partial charge in [0.2, 0.25) is 11.8 Å². The zero-order chi connectivity index (χ0) is 24.0. The van der Waals surface area contributed by atoms with Crippen LogP contribution in [0.25, 0.3) is 6.08 Å². The van der Waals surface area contributed by atoms with E-state index < -0.39 is 0 Å². The molecule has 2 heterocycles. The molecule has 0 amide bonds. The van der Waals surface area contributed by atoms with Crippen molar-refractivity contribution in [1.29, 1.82) is 0 Å². The van der Waals surface area contributed by atoms with Crippen molar-refractivity contribution in [2.24, 2.45) is 0 Å². The number of Topliss-reactive ketones (excluding diaryl/α,β-unsaturated/α-hetero) is 1. The standard InChI is InChI=1S/C28H30N4O3/c1-20-16-21-7-8-25(19-23(21)17-20)35-27-9-10-29-28(31-27)30-24-5-2-4-22(18-24)26(33)6-3-11-32-12-14-34-15-13-32/h2,4-5,7-10,17-19H,3,6,11-16H2,1H3,(H,29,30,31). The highest BCUT2D eigenvalue weighted by atomic mass is 16.5. The summed E-state index contributed by atoms with van der Waals surface area (Å²) in [6.45, 7) is 6.50. The largest absolute Gasteiger partial charge is 0.439 e. The normalized spacial score (nSPS) is 15.4. The van der Waals surface area contributed by atoms with Gasteiger partial charge in [-0.25, -0.2) is 4.98 Å². The maximum absolute atomic E-state index is 12.7. The summed E-state index contributed by atoms with van der Waals surface area (Å²) in [7, 11) is 0. The average Bonchev–Trinajstić information content (AvgIpc) is 3.24. The molecule has 1 fully saturated rings. The first-order chi connectivity index (χ1) is 17.1. The Kier molecular flexibility index (Phi) is 7.16. The van der Waals surface area contributed by atoms with Gasteiger partial charge in [0.05, 0.1) is 13.2 Å². The summed E-state index contributed by atoms with van der Waals surface area (Å²) in [5, 5.41) is 3.19. The first-order valence-electron chi connectivity index (χ1n) is 12.1. The van der Waals surface area contributed by atoms with Gasteiger partial charge in [-0.2, -0.15) is 4.98 Å². The molecular weight excluding hydrogens is 440 g/mol. The quantitative estimate of drug-likeness (QED) is 0.427. The van der Waals surface area contributed by atoms with E-state index in [9.17, 15) is 4.79 Å². The number of anilines is 2. The van der Waals surface area contributed by atoms with Gasteiger partial charge < -0.3 is 14.8 Å². The van der Waals surface area contributed by atoms with Crippen LogP contribution in [0.3, 0.4) is 0 Å². The topological polar surface area (TPSA) is 76.6 Å². The number of benzene rings is 2. The van der Waals surface area contributed by atoms with Crippen molar-refractivity contribution in [3.05, 3.63) is 77.0 Å². The van der Waals surface area contributed by atoms with Gasteiger partial charge in [-0.1, -0.05) is 29.8 Å². The SMILES string of the molecule is CC1=Cc2cc(Oc3ccnc(Nc4cccc(C(=O)CCCN5CCOCC5)c4)n3)ccc2C1. The van der Waals surface area contributed by atoms with Crippen molar-refractivity contribution < 1.29 is 14.3 Å². The maximum atomic E-state index is 12.7. The molecule has 0 bridgehead atoms. The van der Waals surface area contributed by atoms with Crippen molar-refractivity contribution in [1.82, 2.24) is 14.9 Å². The van der Waals surface area contributed by atoms with Crippen LogP contribution in [0, 0.1) is 0 Å². The molecule has 2 aromatic carbocycles. The van der Waals surface area contributed by atoms with Crippen molar-refractivity contribution in [3.8, 4) is 11.6 Å². The highest BCUT2D eigenvalue weighted by Crippen LogP contribution is 2.30. The molecule has 0 spiro atoms. The summed E-state index contributed by atoms with van der Waals surface area (Å²) < 4.78 is 11.4. The van der Waals surface area contributed by atoms with Crippen molar-refractivity contribution >= 4 is 23.5 Å². The van der Waals surface area contributed by atoms with Crippen LogP contribution in [0.15, 0.2) is 60.3 Å². The second-order valence-electron chi connectivity index (χ2n) is 9.04. The highest BCUT2D eigenvalue weighted by molar-refractivity contribution is 5.97.